The molecule has 206 valence electrons. The molecule has 38 heavy (non-hydrogen) atoms. The van der Waals surface area contributed by atoms with E-state index in [1.165, 1.54) is 61.8 Å². The molecule has 5 rings (SSSR count). The van der Waals surface area contributed by atoms with Gasteiger partial charge in [-0.2, -0.15) is 0 Å². The van der Waals surface area contributed by atoms with Gasteiger partial charge < -0.3 is 19.3 Å². The van der Waals surface area contributed by atoms with Gasteiger partial charge in [0.15, 0.2) is 0 Å². The van der Waals surface area contributed by atoms with Crippen molar-refractivity contribution in [1.82, 2.24) is 0 Å². The number of amides is 1. The number of benzene rings is 2. The zero-order valence-electron chi connectivity index (χ0n) is 23.7. The molecule has 2 saturated carbocycles. The van der Waals surface area contributed by atoms with Gasteiger partial charge in [-0.15, -0.1) is 0 Å². The number of ether oxygens (including phenoxy) is 2. The Labute approximate surface area is 229 Å². The Morgan fingerprint density at radius 1 is 0.947 bits per heavy atom. The first-order valence-corrected chi connectivity index (χ1v) is 14.9. The summed E-state index contributed by atoms with van der Waals surface area (Å²) in [4.78, 5) is 18.5. The summed E-state index contributed by atoms with van der Waals surface area (Å²) >= 11 is 0. The van der Waals surface area contributed by atoms with Crippen molar-refractivity contribution in [2.45, 2.75) is 83.2 Å². The van der Waals surface area contributed by atoms with Gasteiger partial charge in [-0.1, -0.05) is 37.5 Å². The molecule has 2 aromatic carbocycles. The van der Waals surface area contributed by atoms with Crippen LogP contribution < -0.4 is 14.5 Å². The standard InChI is InChI=1S/C33H46N2O3/c1-24-20-28(16-17-32(24)38-3)26-14-12-25(13-15-26)22-35(33(36)27-8-5-4-6-9-27)30-11-7-10-29(21-30)34-19-18-31(23-34)37-2/h7,10-11,16-17,20-21,25-27,31H,4-6,8-9,12-15,18-19,22-23H2,1-3H3. The molecule has 0 spiro atoms. The molecule has 3 aliphatic rings. The number of hydrogen-bond donors (Lipinski definition) is 0. The van der Waals surface area contributed by atoms with Crippen molar-refractivity contribution in [2.75, 3.05) is 43.7 Å². The predicted molar refractivity (Wildman–Crippen MR) is 155 cm³/mol. The second-order valence-corrected chi connectivity index (χ2v) is 11.8. The Balaban J connectivity index is 1.30. The van der Waals surface area contributed by atoms with Crippen LogP contribution in [-0.2, 0) is 9.53 Å². The number of carbonyl (C=O) groups excluding carboxylic acids is 1. The van der Waals surface area contributed by atoms with Gasteiger partial charge in [0.2, 0.25) is 5.91 Å². The second-order valence-electron chi connectivity index (χ2n) is 11.8. The van der Waals surface area contributed by atoms with E-state index in [9.17, 15) is 4.79 Å². The van der Waals surface area contributed by atoms with Crippen molar-refractivity contribution in [3.8, 4) is 5.75 Å². The number of carbonyl (C=O) groups is 1. The van der Waals surface area contributed by atoms with Crippen molar-refractivity contribution in [2.24, 2.45) is 11.8 Å². The third-order valence-corrected chi connectivity index (χ3v) is 9.38. The first-order chi connectivity index (χ1) is 18.6. The molecule has 0 aromatic heterocycles. The average molecular weight is 519 g/mol. The minimum absolute atomic E-state index is 0.177. The lowest BCUT2D eigenvalue weighted by Crippen LogP contribution is -2.41. The van der Waals surface area contributed by atoms with Crippen molar-refractivity contribution < 1.29 is 14.3 Å². The van der Waals surface area contributed by atoms with Crippen LogP contribution >= 0.6 is 0 Å². The molecule has 5 heteroatoms. The highest BCUT2D eigenvalue weighted by atomic mass is 16.5. The monoisotopic (exact) mass is 518 g/mol. The molecule has 0 N–H and O–H groups in total. The summed E-state index contributed by atoms with van der Waals surface area (Å²) in [5, 5.41) is 0. The summed E-state index contributed by atoms with van der Waals surface area (Å²) in [6, 6.07) is 15.4. The van der Waals surface area contributed by atoms with E-state index in [0.717, 1.165) is 50.3 Å². The highest BCUT2D eigenvalue weighted by Gasteiger charge is 2.31. The van der Waals surface area contributed by atoms with Crippen molar-refractivity contribution in [3.05, 3.63) is 53.6 Å². The van der Waals surface area contributed by atoms with Gasteiger partial charge in [0.1, 0.15) is 5.75 Å². The quantitative estimate of drug-likeness (QED) is 0.373. The Hall–Kier alpha value is -2.53. The zero-order valence-corrected chi connectivity index (χ0v) is 23.7. The van der Waals surface area contributed by atoms with Crippen molar-refractivity contribution in [3.63, 3.8) is 0 Å². The van der Waals surface area contributed by atoms with Crippen molar-refractivity contribution >= 4 is 17.3 Å². The Kier molecular flexibility index (Phi) is 8.93. The third kappa shape index (κ3) is 6.20. The molecule has 1 unspecified atom stereocenters. The van der Waals surface area contributed by atoms with Gasteiger partial charge in [0, 0.05) is 44.0 Å². The molecule has 1 heterocycles. The maximum absolute atomic E-state index is 14.0. The van der Waals surface area contributed by atoms with E-state index < -0.39 is 0 Å². The molecule has 0 bridgehead atoms. The lowest BCUT2D eigenvalue weighted by atomic mass is 9.78. The summed E-state index contributed by atoms with van der Waals surface area (Å²) in [5.41, 5.74) is 4.93. The van der Waals surface area contributed by atoms with Gasteiger partial charge in [-0.25, -0.2) is 0 Å². The molecule has 1 aliphatic heterocycles. The molecule has 1 saturated heterocycles. The largest absolute Gasteiger partial charge is 0.496 e. The van der Waals surface area contributed by atoms with E-state index in [2.05, 4.69) is 59.2 Å². The topological polar surface area (TPSA) is 42.0 Å². The van der Waals surface area contributed by atoms with Crippen LogP contribution in [0.15, 0.2) is 42.5 Å². The molecule has 2 aromatic rings. The molecule has 3 fully saturated rings. The van der Waals surface area contributed by atoms with Crippen LogP contribution in [-0.4, -0.2) is 45.9 Å². The fourth-order valence-corrected chi connectivity index (χ4v) is 7.00. The summed E-state index contributed by atoms with van der Waals surface area (Å²) in [5.74, 6) is 2.65. The number of hydrogen-bond acceptors (Lipinski definition) is 4. The van der Waals surface area contributed by atoms with Crippen LogP contribution in [0.3, 0.4) is 0 Å². The van der Waals surface area contributed by atoms with Crippen LogP contribution in [0.1, 0.15) is 81.3 Å². The summed E-state index contributed by atoms with van der Waals surface area (Å²) in [6.07, 6.45) is 11.8. The number of rotatable bonds is 8. The molecule has 5 nitrogen and oxygen atoms in total. The van der Waals surface area contributed by atoms with E-state index in [0.29, 0.717) is 23.8 Å². The molecule has 2 aliphatic carbocycles. The number of anilines is 2. The molecule has 1 atom stereocenters. The predicted octanol–water partition coefficient (Wildman–Crippen LogP) is 7.12. The van der Waals surface area contributed by atoms with Crippen molar-refractivity contribution in [1.29, 1.82) is 0 Å². The normalized spacial score (nSPS) is 24.4. The first-order valence-electron chi connectivity index (χ1n) is 14.9. The fourth-order valence-electron chi connectivity index (χ4n) is 7.00. The van der Waals surface area contributed by atoms with E-state index in [1.807, 2.05) is 0 Å². The van der Waals surface area contributed by atoms with E-state index in [-0.39, 0.29) is 5.92 Å². The van der Waals surface area contributed by atoms with Gasteiger partial charge in [-0.3, -0.25) is 4.79 Å². The Morgan fingerprint density at radius 3 is 2.42 bits per heavy atom. The maximum Gasteiger partial charge on any atom is 0.230 e. The van der Waals surface area contributed by atoms with Crippen LogP contribution in [0.2, 0.25) is 0 Å². The Bertz CT molecular complexity index is 1070. The lowest BCUT2D eigenvalue weighted by molar-refractivity contribution is -0.123. The minimum Gasteiger partial charge on any atom is -0.496 e. The number of methoxy groups -OCH3 is 2. The van der Waals surface area contributed by atoms with Gasteiger partial charge in [0.05, 0.1) is 13.2 Å². The highest BCUT2D eigenvalue weighted by molar-refractivity contribution is 5.95. The summed E-state index contributed by atoms with van der Waals surface area (Å²) in [6.45, 7) is 4.90. The van der Waals surface area contributed by atoms with Gasteiger partial charge in [-0.05, 0) is 99.1 Å². The molecular weight excluding hydrogens is 472 g/mol. The molecular formula is C33H46N2O3. The smallest absolute Gasteiger partial charge is 0.230 e. The number of nitrogens with zero attached hydrogens (tertiary/aromatic N) is 2. The number of aryl methyl sites for hydroxylation is 1. The van der Waals surface area contributed by atoms with Crippen LogP contribution in [0.5, 0.6) is 5.75 Å². The summed E-state index contributed by atoms with van der Waals surface area (Å²) < 4.78 is 11.1. The van der Waals surface area contributed by atoms with Crippen LogP contribution in [0.25, 0.3) is 0 Å². The van der Waals surface area contributed by atoms with Gasteiger partial charge >= 0.3 is 0 Å². The highest BCUT2D eigenvalue weighted by Crippen LogP contribution is 2.39. The maximum atomic E-state index is 14.0. The van der Waals surface area contributed by atoms with Gasteiger partial charge in [0.25, 0.3) is 0 Å². The van der Waals surface area contributed by atoms with E-state index >= 15 is 0 Å². The second kappa shape index (κ2) is 12.5. The molecule has 0 radical (unpaired) electrons. The lowest BCUT2D eigenvalue weighted by Gasteiger charge is -2.36. The van der Waals surface area contributed by atoms with Crippen LogP contribution in [0.4, 0.5) is 11.4 Å². The minimum atomic E-state index is 0.177. The third-order valence-electron chi connectivity index (χ3n) is 9.38. The summed E-state index contributed by atoms with van der Waals surface area (Å²) in [7, 11) is 3.55. The zero-order chi connectivity index (χ0) is 26.5. The average Bonchev–Trinajstić information content (AvgIpc) is 3.46. The fraction of sp³-hybridized carbons (Fsp3) is 0.606. The Morgan fingerprint density at radius 2 is 1.74 bits per heavy atom. The van der Waals surface area contributed by atoms with Crippen LogP contribution in [0, 0.1) is 18.8 Å². The van der Waals surface area contributed by atoms with E-state index in [4.69, 9.17) is 9.47 Å². The SMILES string of the molecule is COc1ccc(C2CCC(CN(C(=O)C3CCCCC3)c3cccc(N4CCC(OC)C4)c3)CC2)cc1C. The van der Waals surface area contributed by atoms with E-state index in [1.54, 1.807) is 14.2 Å². The molecule has 1 amide bonds. The first kappa shape index (κ1) is 27.1.